The van der Waals surface area contributed by atoms with Crippen LogP contribution >= 0.6 is 27.3 Å². The van der Waals surface area contributed by atoms with Crippen molar-refractivity contribution in [2.45, 2.75) is 19.5 Å². The Morgan fingerprint density at radius 3 is 2.74 bits per heavy atom. The first-order chi connectivity index (χ1) is 9.11. The van der Waals surface area contributed by atoms with Gasteiger partial charge in [-0.2, -0.15) is 0 Å². The van der Waals surface area contributed by atoms with E-state index in [1.54, 1.807) is 11.3 Å². The standard InChI is InChI=1S/C12H19BrN4OS/c1-9(12(14)15-18)17-5-3-16(4-6-17)8-11-10(13)2-7-19-11/h2,7,9,18H,3-6,8H2,1H3,(H2,14,15). The van der Waals surface area contributed by atoms with Crippen LogP contribution in [0.25, 0.3) is 0 Å². The molecule has 1 aromatic heterocycles. The molecule has 1 fully saturated rings. The van der Waals surface area contributed by atoms with Crippen LogP contribution in [0, 0.1) is 0 Å². The first-order valence-corrected chi connectivity index (χ1v) is 7.94. The van der Waals surface area contributed by atoms with Crippen LogP contribution in [0.2, 0.25) is 0 Å². The van der Waals surface area contributed by atoms with Crippen molar-refractivity contribution in [3.8, 4) is 0 Å². The average molecular weight is 347 g/mol. The minimum Gasteiger partial charge on any atom is -0.409 e. The molecule has 7 heteroatoms. The van der Waals surface area contributed by atoms with E-state index in [1.165, 1.54) is 9.35 Å². The molecule has 0 bridgehead atoms. The Morgan fingerprint density at radius 1 is 1.53 bits per heavy atom. The molecule has 0 aliphatic carbocycles. The van der Waals surface area contributed by atoms with E-state index in [-0.39, 0.29) is 11.9 Å². The highest BCUT2D eigenvalue weighted by Crippen LogP contribution is 2.24. The van der Waals surface area contributed by atoms with Gasteiger partial charge in [-0.25, -0.2) is 0 Å². The number of oxime groups is 1. The van der Waals surface area contributed by atoms with E-state index in [4.69, 9.17) is 10.9 Å². The number of hydrogen-bond donors (Lipinski definition) is 2. The molecule has 1 atom stereocenters. The molecule has 2 rings (SSSR count). The van der Waals surface area contributed by atoms with E-state index in [1.807, 2.05) is 6.92 Å². The minimum atomic E-state index is 0.000578. The lowest BCUT2D eigenvalue weighted by Crippen LogP contribution is -2.52. The van der Waals surface area contributed by atoms with Crippen molar-refractivity contribution >= 4 is 33.1 Å². The summed E-state index contributed by atoms with van der Waals surface area (Å²) in [6.07, 6.45) is 0. The van der Waals surface area contributed by atoms with Crippen molar-refractivity contribution in [2.24, 2.45) is 10.9 Å². The number of hydrogen-bond acceptors (Lipinski definition) is 5. The maximum atomic E-state index is 8.71. The van der Waals surface area contributed by atoms with Crippen molar-refractivity contribution in [3.63, 3.8) is 0 Å². The predicted molar refractivity (Wildman–Crippen MR) is 81.7 cm³/mol. The largest absolute Gasteiger partial charge is 0.409 e. The van der Waals surface area contributed by atoms with Gasteiger partial charge in [-0.15, -0.1) is 11.3 Å². The summed E-state index contributed by atoms with van der Waals surface area (Å²) in [5.74, 6) is 0.287. The molecule has 1 aliphatic rings. The van der Waals surface area contributed by atoms with Gasteiger partial charge in [0.05, 0.1) is 6.04 Å². The minimum absolute atomic E-state index is 0.000578. The Bertz CT molecular complexity index is 443. The first kappa shape index (κ1) is 14.8. The van der Waals surface area contributed by atoms with Crippen LogP contribution in [0.15, 0.2) is 21.1 Å². The second kappa shape index (κ2) is 6.69. The third kappa shape index (κ3) is 3.68. The zero-order chi connectivity index (χ0) is 13.8. The summed E-state index contributed by atoms with van der Waals surface area (Å²) in [7, 11) is 0. The maximum absolute atomic E-state index is 8.71. The van der Waals surface area contributed by atoms with E-state index in [2.05, 4.69) is 42.3 Å². The van der Waals surface area contributed by atoms with Gasteiger partial charge in [0.25, 0.3) is 0 Å². The van der Waals surface area contributed by atoms with Crippen LogP contribution in [0.3, 0.4) is 0 Å². The summed E-state index contributed by atoms with van der Waals surface area (Å²) in [5.41, 5.74) is 5.65. The average Bonchev–Trinajstić information content (AvgIpc) is 2.83. The van der Waals surface area contributed by atoms with Crippen LogP contribution in [-0.2, 0) is 6.54 Å². The fourth-order valence-electron chi connectivity index (χ4n) is 2.22. The number of nitrogens with zero attached hydrogens (tertiary/aromatic N) is 3. The fraction of sp³-hybridized carbons (Fsp3) is 0.583. The lowest BCUT2D eigenvalue weighted by atomic mass is 10.2. The number of rotatable bonds is 4. The molecular formula is C12H19BrN4OS. The predicted octanol–water partition coefficient (Wildman–Crippen LogP) is 1.76. The lowest BCUT2D eigenvalue weighted by Gasteiger charge is -2.37. The fourth-order valence-corrected chi connectivity index (χ4v) is 3.74. The SMILES string of the molecule is CC(C(N)=NO)N1CCN(Cc2sccc2Br)CC1. The first-order valence-electron chi connectivity index (χ1n) is 6.27. The molecule has 1 saturated heterocycles. The van der Waals surface area contributed by atoms with E-state index in [0.717, 1.165) is 32.7 Å². The quantitative estimate of drug-likeness (QED) is 0.377. The summed E-state index contributed by atoms with van der Waals surface area (Å²) in [4.78, 5) is 6.05. The monoisotopic (exact) mass is 346 g/mol. The van der Waals surface area contributed by atoms with Gasteiger partial charge < -0.3 is 10.9 Å². The Labute approximate surface area is 125 Å². The highest BCUT2D eigenvalue weighted by molar-refractivity contribution is 9.10. The summed E-state index contributed by atoms with van der Waals surface area (Å²) in [5, 5.41) is 13.9. The van der Waals surface area contributed by atoms with E-state index in [0.29, 0.717) is 0 Å². The van der Waals surface area contributed by atoms with Crippen molar-refractivity contribution in [3.05, 3.63) is 20.8 Å². The molecule has 5 nitrogen and oxygen atoms in total. The molecule has 0 spiro atoms. The van der Waals surface area contributed by atoms with Crippen molar-refractivity contribution in [2.75, 3.05) is 26.2 Å². The molecule has 106 valence electrons. The van der Waals surface area contributed by atoms with Gasteiger partial charge in [0, 0.05) is 42.1 Å². The van der Waals surface area contributed by atoms with Gasteiger partial charge in [-0.3, -0.25) is 9.80 Å². The number of thiophene rings is 1. The molecule has 2 heterocycles. The zero-order valence-corrected chi connectivity index (χ0v) is 13.3. The Morgan fingerprint density at radius 2 is 2.21 bits per heavy atom. The molecular weight excluding hydrogens is 328 g/mol. The molecule has 1 aliphatic heterocycles. The molecule has 0 amide bonds. The second-order valence-corrected chi connectivity index (χ2v) is 6.56. The molecule has 0 aromatic carbocycles. The molecule has 0 radical (unpaired) electrons. The van der Waals surface area contributed by atoms with Crippen molar-refractivity contribution in [1.29, 1.82) is 0 Å². The van der Waals surface area contributed by atoms with E-state index < -0.39 is 0 Å². The van der Waals surface area contributed by atoms with Crippen molar-refractivity contribution in [1.82, 2.24) is 9.80 Å². The van der Waals surface area contributed by atoms with Gasteiger partial charge in [0.1, 0.15) is 0 Å². The second-order valence-electron chi connectivity index (χ2n) is 4.70. The highest BCUT2D eigenvalue weighted by atomic mass is 79.9. The smallest absolute Gasteiger partial charge is 0.156 e. The Kier molecular flexibility index (Phi) is 5.20. The number of nitrogens with two attached hydrogens (primary N) is 1. The van der Waals surface area contributed by atoms with Gasteiger partial charge in [-0.05, 0) is 34.3 Å². The lowest BCUT2D eigenvalue weighted by molar-refractivity contribution is 0.116. The zero-order valence-electron chi connectivity index (χ0n) is 10.9. The normalized spacial score (nSPS) is 20.6. The maximum Gasteiger partial charge on any atom is 0.156 e. The third-order valence-electron chi connectivity index (χ3n) is 3.56. The van der Waals surface area contributed by atoms with Crippen LogP contribution in [0.5, 0.6) is 0 Å². The highest BCUT2D eigenvalue weighted by Gasteiger charge is 2.23. The van der Waals surface area contributed by atoms with E-state index >= 15 is 0 Å². The molecule has 0 saturated carbocycles. The van der Waals surface area contributed by atoms with Crippen LogP contribution < -0.4 is 5.73 Å². The van der Waals surface area contributed by atoms with Gasteiger partial charge in [0.15, 0.2) is 5.84 Å². The summed E-state index contributed by atoms with van der Waals surface area (Å²) < 4.78 is 1.20. The van der Waals surface area contributed by atoms with Gasteiger partial charge in [-0.1, -0.05) is 5.16 Å². The summed E-state index contributed by atoms with van der Waals surface area (Å²) in [6, 6.07) is 2.09. The summed E-state index contributed by atoms with van der Waals surface area (Å²) in [6.45, 7) is 6.87. The summed E-state index contributed by atoms with van der Waals surface area (Å²) >= 11 is 5.35. The molecule has 1 unspecified atom stereocenters. The topological polar surface area (TPSA) is 65.1 Å². The Balaban J connectivity index is 1.84. The number of piperazine rings is 1. The molecule has 19 heavy (non-hydrogen) atoms. The molecule has 3 N–H and O–H groups in total. The number of amidine groups is 1. The third-order valence-corrected chi connectivity index (χ3v) is 5.47. The van der Waals surface area contributed by atoms with Gasteiger partial charge in [0.2, 0.25) is 0 Å². The van der Waals surface area contributed by atoms with Crippen molar-refractivity contribution < 1.29 is 5.21 Å². The van der Waals surface area contributed by atoms with E-state index in [9.17, 15) is 0 Å². The van der Waals surface area contributed by atoms with Gasteiger partial charge >= 0.3 is 0 Å². The Hall–Kier alpha value is -0.630. The number of halogens is 1. The van der Waals surface area contributed by atoms with Crippen LogP contribution in [-0.4, -0.2) is 53.1 Å². The van der Waals surface area contributed by atoms with Crippen LogP contribution in [0.4, 0.5) is 0 Å². The molecule has 1 aromatic rings. The van der Waals surface area contributed by atoms with Crippen LogP contribution in [0.1, 0.15) is 11.8 Å².